The Balaban J connectivity index is 2.46. The van der Waals surface area contributed by atoms with Crippen molar-refractivity contribution in [2.24, 2.45) is 0 Å². The lowest BCUT2D eigenvalue weighted by molar-refractivity contribution is 0.281. The first-order chi connectivity index (χ1) is 9.76. The number of benzene rings is 1. The van der Waals surface area contributed by atoms with E-state index in [0.29, 0.717) is 18.8 Å². The van der Waals surface area contributed by atoms with Crippen LogP contribution in [0.5, 0.6) is 0 Å². The van der Waals surface area contributed by atoms with Crippen molar-refractivity contribution in [3.8, 4) is 11.1 Å². The third kappa shape index (κ3) is 3.26. The second-order valence-electron chi connectivity index (χ2n) is 4.45. The van der Waals surface area contributed by atoms with Gasteiger partial charge < -0.3 is 20.8 Å². The van der Waals surface area contributed by atoms with Crippen molar-refractivity contribution in [3.63, 3.8) is 0 Å². The van der Waals surface area contributed by atoms with E-state index >= 15 is 0 Å². The average Bonchev–Trinajstić information content (AvgIpc) is 2.48. The molecule has 2 rings (SSSR count). The van der Waals surface area contributed by atoms with Gasteiger partial charge in [-0.15, -0.1) is 0 Å². The normalized spacial score (nSPS) is 10.5. The van der Waals surface area contributed by atoms with Gasteiger partial charge in [0, 0.05) is 42.4 Å². The van der Waals surface area contributed by atoms with Crippen LogP contribution in [0.1, 0.15) is 0 Å². The average molecular weight is 273 g/mol. The fraction of sp³-hybridized carbons (Fsp3) is 0.267. The van der Waals surface area contributed by atoms with Crippen LogP contribution in [0.15, 0.2) is 42.7 Å². The number of nitrogen functional groups attached to an aromatic ring is 1. The predicted octanol–water partition coefficient (Wildman–Crippen LogP) is 1.12. The van der Waals surface area contributed by atoms with Crippen molar-refractivity contribution >= 4 is 11.4 Å². The maximum atomic E-state index is 9.18. The first-order valence-electron chi connectivity index (χ1n) is 6.53. The van der Waals surface area contributed by atoms with Gasteiger partial charge in [-0.3, -0.25) is 4.98 Å². The molecule has 5 heteroatoms. The predicted molar refractivity (Wildman–Crippen MR) is 80.5 cm³/mol. The van der Waals surface area contributed by atoms with Gasteiger partial charge in [-0.05, 0) is 35.9 Å². The van der Waals surface area contributed by atoms with Gasteiger partial charge in [0.2, 0.25) is 0 Å². The Labute approximate surface area is 118 Å². The molecule has 1 aromatic carbocycles. The Morgan fingerprint density at radius 1 is 1.00 bits per heavy atom. The number of hydrogen-bond acceptors (Lipinski definition) is 5. The molecule has 1 aromatic heterocycles. The van der Waals surface area contributed by atoms with Crippen molar-refractivity contribution in [2.45, 2.75) is 0 Å². The summed E-state index contributed by atoms with van der Waals surface area (Å²) in [7, 11) is 0. The Bertz CT molecular complexity index is 540. The molecule has 0 aliphatic carbocycles. The van der Waals surface area contributed by atoms with Crippen molar-refractivity contribution in [3.05, 3.63) is 42.7 Å². The number of nitrogens with two attached hydrogens (primary N) is 1. The van der Waals surface area contributed by atoms with Crippen LogP contribution in [0.3, 0.4) is 0 Å². The van der Waals surface area contributed by atoms with Crippen molar-refractivity contribution < 1.29 is 10.2 Å². The summed E-state index contributed by atoms with van der Waals surface area (Å²) in [6.45, 7) is 0.978. The van der Waals surface area contributed by atoms with Gasteiger partial charge in [-0.1, -0.05) is 0 Å². The van der Waals surface area contributed by atoms with Crippen LogP contribution >= 0.6 is 0 Å². The monoisotopic (exact) mass is 273 g/mol. The fourth-order valence-corrected chi connectivity index (χ4v) is 2.19. The molecule has 0 fully saturated rings. The summed E-state index contributed by atoms with van der Waals surface area (Å²) in [5.74, 6) is 0. The van der Waals surface area contributed by atoms with Crippen molar-refractivity contribution in [1.82, 2.24) is 4.98 Å². The van der Waals surface area contributed by atoms with E-state index in [1.54, 1.807) is 12.4 Å². The molecule has 1 heterocycles. The number of aliphatic hydroxyl groups is 2. The van der Waals surface area contributed by atoms with Crippen LogP contribution < -0.4 is 10.6 Å². The summed E-state index contributed by atoms with van der Waals surface area (Å²) < 4.78 is 0. The van der Waals surface area contributed by atoms with Gasteiger partial charge in [0.05, 0.1) is 13.2 Å². The number of nitrogens with zero attached hydrogens (tertiary/aromatic N) is 2. The molecule has 106 valence electrons. The Hall–Kier alpha value is -2.11. The summed E-state index contributed by atoms with van der Waals surface area (Å²) in [4.78, 5) is 5.96. The number of rotatable bonds is 6. The van der Waals surface area contributed by atoms with E-state index in [2.05, 4.69) is 4.98 Å². The van der Waals surface area contributed by atoms with E-state index in [1.807, 2.05) is 35.2 Å². The lowest BCUT2D eigenvalue weighted by atomic mass is 10.0. The lowest BCUT2D eigenvalue weighted by Crippen LogP contribution is -2.30. The number of aliphatic hydroxyl groups excluding tert-OH is 2. The highest BCUT2D eigenvalue weighted by molar-refractivity contribution is 5.81. The quantitative estimate of drug-likeness (QED) is 0.687. The minimum absolute atomic E-state index is 0.0279. The van der Waals surface area contributed by atoms with Gasteiger partial charge in [-0.25, -0.2) is 0 Å². The maximum Gasteiger partial charge on any atom is 0.0606 e. The number of aromatic nitrogens is 1. The molecule has 0 aliphatic rings. The number of hydrogen-bond donors (Lipinski definition) is 3. The standard InChI is InChI=1S/C15H19N3O2/c16-13-1-2-15(18(7-9-19)8-10-20)14(11-13)12-3-5-17-6-4-12/h1-6,11,19-20H,7-10,16H2. The summed E-state index contributed by atoms with van der Waals surface area (Å²) in [6.07, 6.45) is 3.45. The first kappa shape index (κ1) is 14.3. The zero-order valence-electron chi connectivity index (χ0n) is 11.2. The second kappa shape index (κ2) is 6.88. The smallest absolute Gasteiger partial charge is 0.0606 e. The Morgan fingerprint density at radius 3 is 2.25 bits per heavy atom. The third-order valence-electron chi connectivity index (χ3n) is 3.09. The Morgan fingerprint density at radius 2 is 1.65 bits per heavy atom. The van der Waals surface area contributed by atoms with E-state index < -0.39 is 0 Å². The molecule has 0 unspecified atom stereocenters. The molecular formula is C15H19N3O2. The van der Waals surface area contributed by atoms with Crippen LogP contribution in [0.2, 0.25) is 0 Å². The van der Waals surface area contributed by atoms with Crippen LogP contribution in [0.4, 0.5) is 11.4 Å². The molecular weight excluding hydrogens is 254 g/mol. The number of pyridine rings is 1. The van der Waals surface area contributed by atoms with Gasteiger partial charge in [0.1, 0.15) is 0 Å². The number of anilines is 2. The summed E-state index contributed by atoms with van der Waals surface area (Å²) in [6, 6.07) is 9.45. The first-order valence-corrected chi connectivity index (χ1v) is 6.53. The SMILES string of the molecule is Nc1ccc(N(CCO)CCO)c(-c2ccncc2)c1. The summed E-state index contributed by atoms with van der Waals surface area (Å²) in [5.41, 5.74) is 9.46. The minimum atomic E-state index is 0.0279. The second-order valence-corrected chi connectivity index (χ2v) is 4.45. The van der Waals surface area contributed by atoms with Crippen LogP contribution in [0.25, 0.3) is 11.1 Å². The fourth-order valence-electron chi connectivity index (χ4n) is 2.19. The van der Waals surface area contributed by atoms with E-state index in [0.717, 1.165) is 16.8 Å². The largest absolute Gasteiger partial charge is 0.399 e. The van der Waals surface area contributed by atoms with Gasteiger partial charge in [0.15, 0.2) is 0 Å². The lowest BCUT2D eigenvalue weighted by Gasteiger charge is -2.26. The molecule has 5 nitrogen and oxygen atoms in total. The highest BCUT2D eigenvalue weighted by Crippen LogP contribution is 2.32. The van der Waals surface area contributed by atoms with Crippen molar-refractivity contribution in [1.29, 1.82) is 0 Å². The van der Waals surface area contributed by atoms with Crippen LogP contribution in [0, 0.1) is 0 Å². The zero-order chi connectivity index (χ0) is 14.4. The van der Waals surface area contributed by atoms with E-state index in [4.69, 9.17) is 5.73 Å². The highest BCUT2D eigenvalue weighted by atomic mass is 16.3. The molecule has 0 aliphatic heterocycles. The molecule has 20 heavy (non-hydrogen) atoms. The Kier molecular flexibility index (Phi) is 4.92. The van der Waals surface area contributed by atoms with E-state index in [-0.39, 0.29) is 13.2 Å². The molecule has 0 saturated carbocycles. The molecule has 0 amide bonds. The summed E-state index contributed by atoms with van der Waals surface area (Å²) in [5, 5.41) is 18.4. The molecule has 4 N–H and O–H groups in total. The molecule has 2 aromatic rings. The van der Waals surface area contributed by atoms with Gasteiger partial charge >= 0.3 is 0 Å². The van der Waals surface area contributed by atoms with Crippen molar-refractivity contribution in [2.75, 3.05) is 36.9 Å². The third-order valence-corrected chi connectivity index (χ3v) is 3.09. The van der Waals surface area contributed by atoms with E-state index in [1.165, 1.54) is 0 Å². The zero-order valence-corrected chi connectivity index (χ0v) is 11.2. The minimum Gasteiger partial charge on any atom is -0.399 e. The van der Waals surface area contributed by atoms with E-state index in [9.17, 15) is 10.2 Å². The molecule has 0 atom stereocenters. The van der Waals surface area contributed by atoms with Crippen LogP contribution in [-0.4, -0.2) is 41.5 Å². The topological polar surface area (TPSA) is 82.6 Å². The van der Waals surface area contributed by atoms with Crippen LogP contribution in [-0.2, 0) is 0 Å². The molecule has 0 radical (unpaired) electrons. The van der Waals surface area contributed by atoms with Gasteiger partial charge in [-0.2, -0.15) is 0 Å². The maximum absolute atomic E-state index is 9.18. The van der Waals surface area contributed by atoms with Gasteiger partial charge in [0.25, 0.3) is 0 Å². The highest BCUT2D eigenvalue weighted by Gasteiger charge is 2.12. The molecule has 0 spiro atoms. The molecule has 0 bridgehead atoms. The summed E-state index contributed by atoms with van der Waals surface area (Å²) >= 11 is 0. The molecule has 0 saturated heterocycles.